The number of carbonyl (C=O) groups is 3. The lowest BCUT2D eigenvalue weighted by molar-refractivity contribution is -0.142. The van der Waals surface area contributed by atoms with Gasteiger partial charge in [-0.15, -0.1) is 0 Å². The summed E-state index contributed by atoms with van der Waals surface area (Å²) >= 11 is 0. The summed E-state index contributed by atoms with van der Waals surface area (Å²) in [4.78, 5) is 36.9. The van der Waals surface area contributed by atoms with E-state index in [9.17, 15) is 14.4 Å². The minimum atomic E-state index is -0.601. The van der Waals surface area contributed by atoms with Crippen LogP contribution in [0.3, 0.4) is 0 Å². The number of esters is 2. The summed E-state index contributed by atoms with van der Waals surface area (Å²) in [6.45, 7) is 25.4. The second kappa shape index (κ2) is 29.0. The molecule has 5 aromatic rings. The standard InChI is InChI=1S/C86H114N2O8/c1-56(19-35-79(89)92-11)58(3)83(7)41-39-74-65(53-83)27-28-66-51-68(37-42-84(66,74)8)94-54-63-17-13-15-59(47-63)21-23-61-25-30-70-71-31-26-62(50-78(71)88(77(70)49-61)46-45-87-81(91)96-82(4,5)6)24-22-60-16-14-18-64(48-60)55-95-69-38-43-85(9)67(52-69)29-32-72-75-34-33-73(57(2)20-36-80(90)93-12)86(75,10)44-40-76(72)85/h13-18,25-26,30-31,47-50,56-58,65-69,72-76H,19-20,27-29,32-46,51-55H2,1-12H3,(H,87,91)/t56-,57-,58?,65+,66+,67-,68-,69-,72+,73?,74?,75+,76?,83?,84?,85?,86?/m1/s1. The Balaban J connectivity index is 0.670. The molecule has 1 aromatic heterocycles. The van der Waals surface area contributed by atoms with Crippen LogP contribution < -0.4 is 5.32 Å². The SMILES string of the molecule is COC(=O)CC[C@@H](C)C(C)C1(C)CCC2[C@@H](CC[C@H]3C[C@H](OCc4cccc(C#Cc5ccc6c7ccc(C#Cc8cccc(CO[C@@H]9CCC%10(C)C%11CCC%12(C)C([C@H](C)CCC(=O)OC)CC[C@H]%12[C@@H]%11CC[C@@H]%10C9)c8)cc7n(CCNC(=O)OC(C)(C)C)c6c5)c4)CCC23C)C1. The number of nitrogens with zero attached hydrogens (tertiary/aromatic N) is 1. The second-order valence-corrected chi connectivity index (χ2v) is 33.8. The van der Waals surface area contributed by atoms with Crippen molar-refractivity contribution < 1.29 is 38.1 Å². The van der Waals surface area contributed by atoms with Crippen molar-refractivity contribution in [3.8, 4) is 23.7 Å². The predicted octanol–water partition coefficient (Wildman–Crippen LogP) is 19.4. The molecule has 7 fully saturated rings. The van der Waals surface area contributed by atoms with Gasteiger partial charge in [-0.1, -0.05) is 109 Å². The summed E-state index contributed by atoms with van der Waals surface area (Å²) in [7, 11) is 3.01. The van der Waals surface area contributed by atoms with Crippen molar-refractivity contribution in [3.05, 3.63) is 118 Å². The molecule has 0 saturated heterocycles. The molecular formula is C86H114N2O8. The first-order valence-electron chi connectivity index (χ1n) is 37.6. The Morgan fingerprint density at radius 2 is 1.10 bits per heavy atom. The third-order valence-corrected chi connectivity index (χ3v) is 27.3. The van der Waals surface area contributed by atoms with Gasteiger partial charge in [0.2, 0.25) is 0 Å². The summed E-state index contributed by atoms with van der Waals surface area (Å²) in [5.74, 6) is 21.7. The molecule has 7 aliphatic carbocycles. The van der Waals surface area contributed by atoms with Gasteiger partial charge < -0.3 is 33.6 Å². The van der Waals surface area contributed by atoms with E-state index in [0.717, 1.165) is 123 Å². The molecule has 4 aromatic carbocycles. The molecule has 0 radical (unpaired) electrons. The Morgan fingerprint density at radius 1 is 0.583 bits per heavy atom. The number of nitrogens with one attached hydrogen (secondary N) is 1. The average Bonchev–Trinajstić information content (AvgIpc) is 1.09. The number of hydrogen-bond donors (Lipinski definition) is 1. The van der Waals surface area contributed by atoms with E-state index < -0.39 is 11.7 Å². The van der Waals surface area contributed by atoms with E-state index in [0.29, 0.717) is 96.3 Å². The lowest BCUT2D eigenvalue weighted by Crippen LogP contribution is -2.54. The number of amides is 1. The molecule has 0 spiro atoms. The minimum absolute atomic E-state index is 0.0695. The highest BCUT2D eigenvalue weighted by Crippen LogP contribution is 2.69. The normalized spacial score (nSPS) is 31.7. The van der Waals surface area contributed by atoms with Crippen molar-refractivity contribution in [2.45, 2.75) is 242 Å². The fourth-order valence-corrected chi connectivity index (χ4v) is 21.7. The monoisotopic (exact) mass is 1300 g/mol. The molecule has 1 amide bonds. The molecule has 7 saturated carbocycles. The predicted molar refractivity (Wildman–Crippen MR) is 385 cm³/mol. The zero-order valence-electron chi connectivity index (χ0n) is 60.5. The lowest BCUT2D eigenvalue weighted by Gasteiger charge is -2.61. The van der Waals surface area contributed by atoms with Gasteiger partial charge in [0.1, 0.15) is 5.60 Å². The molecule has 7 aliphatic rings. The van der Waals surface area contributed by atoms with Crippen LogP contribution in [0.4, 0.5) is 4.79 Å². The van der Waals surface area contributed by atoms with Crippen molar-refractivity contribution in [2.24, 2.45) is 86.8 Å². The zero-order chi connectivity index (χ0) is 67.7. The molecule has 1 heterocycles. The molecule has 10 heteroatoms. The molecule has 8 unspecified atom stereocenters. The van der Waals surface area contributed by atoms with Crippen LogP contribution in [0, 0.1) is 110 Å². The van der Waals surface area contributed by atoms with Gasteiger partial charge in [0.15, 0.2) is 0 Å². The highest BCUT2D eigenvalue weighted by Gasteiger charge is 2.61. The first-order chi connectivity index (χ1) is 45.9. The summed E-state index contributed by atoms with van der Waals surface area (Å²) < 4.78 is 31.6. The van der Waals surface area contributed by atoms with Crippen LogP contribution in [-0.2, 0) is 53.0 Å². The van der Waals surface area contributed by atoms with Gasteiger partial charge in [0.25, 0.3) is 0 Å². The highest BCUT2D eigenvalue weighted by molar-refractivity contribution is 6.08. The molecule has 10 nitrogen and oxygen atoms in total. The maximum atomic E-state index is 12.9. The van der Waals surface area contributed by atoms with Gasteiger partial charge in [0, 0.05) is 59.0 Å². The van der Waals surface area contributed by atoms with Crippen molar-refractivity contribution in [1.82, 2.24) is 9.88 Å². The number of benzene rings is 4. The highest BCUT2D eigenvalue weighted by atomic mass is 16.6. The third kappa shape index (κ3) is 14.9. The summed E-state index contributed by atoms with van der Waals surface area (Å²) in [5.41, 5.74) is 9.06. The van der Waals surface area contributed by atoms with Crippen molar-refractivity contribution in [1.29, 1.82) is 0 Å². The Kier molecular flexibility index (Phi) is 21.1. The van der Waals surface area contributed by atoms with Crippen molar-refractivity contribution in [2.75, 3.05) is 20.8 Å². The number of aromatic nitrogens is 1. The van der Waals surface area contributed by atoms with E-state index in [2.05, 4.69) is 167 Å². The van der Waals surface area contributed by atoms with Gasteiger partial charge in [-0.2, -0.15) is 0 Å². The molecule has 516 valence electrons. The van der Waals surface area contributed by atoms with E-state index in [1.54, 1.807) is 0 Å². The number of hydrogen-bond acceptors (Lipinski definition) is 8. The van der Waals surface area contributed by atoms with E-state index in [1.165, 1.54) is 97.7 Å². The second-order valence-electron chi connectivity index (χ2n) is 33.8. The van der Waals surface area contributed by atoms with Crippen LogP contribution in [0.5, 0.6) is 0 Å². The molecular weight excluding hydrogens is 1190 g/mol. The lowest BCUT2D eigenvalue weighted by atomic mass is 9.44. The largest absolute Gasteiger partial charge is 0.469 e. The number of ether oxygens (including phenoxy) is 5. The van der Waals surface area contributed by atoms with Crippen molar-refractivity contribution in [3.63, 3.8) is 0 Å². The average molecular weight is 1300 g/mol. The summed E-state index contributed by atoms with van der Waals surface area (Å²) in [6.07, 6.45) is 24.7. The van der Waals surface area contributed by atoms with E-state index in [4.69, 9.17) is 23.7 Å². The van der Waals surface area contributed by atoms with Gasteiger partial charge >= 0.3 is 18.0 Å². The molecule has 1 N–H and O–H groups in total. The van der Waals surface area contributed by atoms with Crippen LogP contribution >= 0.6 is 0 Å². The third-order valence-electron chi connectivity index (χ3n) is 27.3. The Morgan fingerprint density at radius 3 is 1.68 bits per heavy atom. The van der Waals surface area contributed by atoms with Crippen LogP contribution in [0.25, 0.3) is 21.8 Å². The van der Waals surface area contributed by atoms with E-state index in [1.807, 2.05) is 20.8 Å². The fraction of sp³-hybridized carbons (Fsp3) is 0.640. The van der Waals surface area contributed by atoms with Gasteiger partial charge in [-0.25, -0.2) is 4.79 Å². The first-order valence-corrected chi connectivity index (χ1v) is 37.6. The van der Waals surface area contributed by atoms with Gasteiger partial charge in [-0.05, 0) is 289 Å². The molecule has 0 bridgehead atoms. The fourth-order valence-electron chi connectivity index (χ4n) is 21.7. The number of carbonyl (C=O) groups excluding carboxylic acids is 3. The smallest absolute Gasteiger partial charge is 0.407 e. The molecule has 12 rings (SSSR count). The number of rotatable bonds is 18. The van der Waals surface area contributed by atoms with Gasteiger partial charge in [0.05, 0.1) is 50.7 Å². The van der Waals surface area contributed by atoms with Crippen LogP contribution in [0.2, 0.25) is 0 Å². The molecule has 0 aliphatic heterocycles. The van der Waals surface area contributed by atoms with Crippen LogP contribution in [0.1, 0.15) is 237 Å². The maximum Gasteiger partial charge on any atom is 0.407 e. The Labute approximate surface area is 576 Å². The number of alkyl carbamates (subject to hydrolysis) is 1. The van der Waals surface area contributed by atoms with Crippen LogP contribution in [0.15, 0.2) is 84.9 Å². The zero-order valence-corrected chi connectivity index (χ0v) is 60.5. The maximum absolute atomic E-state index is 12.9. The summed E-state index contributed by atoms with van der Waals surface area (Å²) in [5, 5.41) is 5.25. The quantitative estimate of drug-likeness (QED) is 0.0524. The van der Waals surface area contributed by atoms with Crippen molar-refractivity contribution >= 4 is 39.8 Å². The van der Waals surface area contributed by atoms with Gasteiger partial charge in [-0.3, -0.25) is 9.59 Å². The Bertz CT molecular complexity index is 3740. The number of fused-ring (bicyclic) bond motifs is 11. The molecule has 96 heavy (non-hydrogen) atoms. The minimum Gasteiger partial charge on any atom is -0.469 e. The van der Waals surface area contributed by atoms with E-state index in [-0.39, 0.29) is 24.1 Å². The van der Waals surface area contributed by atoms with E-state index >= 15 is 0 Å². The first kappa shape index (κ1) is 69.8. The number of methoxy groups -OCH3 is 2. The topological polar surface area (TPSA) is 114 Å². The van der Waals surface area contributed by atoms with Crippen LogP contribution in [-0.4, -0.2) is 61.2 Å². The molecule has 17 atom stereocenters. The Hall–Kier alpha value is -6.07. The summed E-state index contributed by atoms with van der Waals surface area (Å²) in [6, 6.07) is 30.1.